The Morgan fingerprint density at radius 2 is 1.80 bits per heavy atom. The smallest absolute Gasteiger partial charge is 0.221 e. The van der Waals surface area contributed by atoms with Crippen molar-refractivity contribution in [1.29, 1.82) is 0 Å². The summed E-state index contributed by atoms with van der Waals surface area (Å²) < 4.78 is 5.52. The summed E-state index contributed by atoms with van der Waals surface area (Å²) in [5.74, 6) is 0.191. The Bertz CT molecular complexity index is 749. The van der Waals surface area contributed by atoms with Gasteiger partial charge in [0.1, 0.15) is 5.58 Å². The van der Waals surface area contributed by atoms with Crippen molar-refractivity contribution in [2.45, 2.75) is 0 Å². The van der Waals surface area contributed by atoms with E-state index in [0.29, 0.717) is 11.4 Å². The summed E-state index contributed by atoms with van der Waals surface area (Å²) in [7, 11) is 0. The van der Waals surface area contributed by atoms with E-state index in [4.69, 9.17) is 10.2 Å². The van der Waals surface area contributed by atoms with Gasteiger partial charge in [0.2, 0.25) is 5.78 Å². The van der Waals surface area contributed by atoms with E-state index in [1.54, 1.807) is 24.3 Å². The van der Waals surface area contributed by atoms with Crippen molar-refractivity contribution in [1.82, 2.24) is 0 Å². The van der Waals surface area contributed by atoms with Crippen molar-refractivity contribution >= 4 is 28.5 Å². The van der Waals surface area contributed by atoms with Crippen LogP contribution in [0.1, 0.15) is 16.1 Å². The number of nitrogens with two attached hydrogens (primary N) is 1. The van der Waals surface area contributed by atoms with Crippen molar-refractivity contribution in [3.05, 3.63) is 72.0 Å². The third-order valence-electron chi connectivity index (χ3n) is 3.03. The number of para-hydroxylation sites is 1. The molecule has 0 radical (unpaired) electrons. The molecule has 3 heteroatoms. The first-order valence-corrected chi connectivity index (χ1v) is 6.29. The Hall–Kier alpha value is -2.81. The SMILES string of the molecule is Nc1ccc(/C=C/C(=O)c2cc3ccccc3o2)cc1. The lowest BCUT2D eigenvalue weighted by atomic mass is 10.1. The van der Waals surface area contributed by atoms with Gasteiger partial charge in [0.05, 0.1) is 0 Å². The first kappa shape index (κ1) is 12.2. The number of rotatable bonds is 3. The highest BCUT2D eigenvalue weighted by Gasteiger charge is 2.08. The van der Waals surface area contributed by atoms with E-state index in [1.165, 1.54) is 6.08 Å². The van der Waals surface area contributed by atoms with Crippen molar-refractivity contribution in [3.8, 4) is 0 Å². The van der Waals surface area contributed by atoms with Crippen LogP contribution in [0.3, 0.4) is 0 Å². The fraction of sp³-hybridized carbons (Fsp3) is 0. The second kappa shape index (κ2) is 5.05. The molecule has 0 bridgehead atoms. The van der Waals surface area contributed by atoms with E-state index in [1.807, 2.05) is 36.4 Å². The molecule has 0 aliphatic carbocycles. The number of allylic oxidation sites excluding steroid dienone is 1. The predicted molar refractivity (Wildman–Crippen MR) is 80.4 cm³/mol. The van der Waals surface area contributed by atoms with Gasteiger partial charge in [0.25, 0.3) is 0 Å². The predicted octanol–water partition coefficient (Wildman–Crippen LogP) is 3.91. The molecule has 98 valence electrons. The van der Waals surface area contributed by atoms with Crippen molar-refractivity contribution in [3.63, 3.8) is 0 Å². The molecule has 0 aliphatic heterocycles. The van der Waals surface area contributed by atoms with Crippen molar-refractivity contribution < 1.29 is 9.21 Å². The number of fused-ring (bicyclic) bond motifs is 1. The topological polar surface area (TPSA) is 56.2 Å². The zero-order chi connectivity index (χ0) is 13.9. The van der Waals surface area contributed by atoms with E-state index in [2.05, 4.69) is 0 Å². The minimum absolute atomic E-state index is 0.155. The molecule has 0 spiro atoms. The standard InChI is InChI=1S/C17H13NO2/c18-14-8-5-12(6-9-14)7-10-15(19)17-11-13-3-1-2-4-16(13)20-17/h1-11H,18H2/b10-7+. The monoisotopic (exact) mass is 263 g/mol. The quantitative estimate of drug-likeness (QED) is 0.443. The van der Waals surface area contributed by atoms with Crippen molar-refractivity contribution in [2.24, 2.45) is 0 Å². The summed E-state index contributed by atoms with van der Waals surface area (Å²) in [6, 6.07) is 16.6. The molecule has 3 rings (SSSR count). The number of ketones is 1. The second-order valence-corrected chi connectivity index (χ2v) is 4.51. The van der Waals surface area contributed by atoms with E-state index in [-0.39, 0.29) is 5.78 Å². The molecular weight excluding hydrogens is 250 g/mol. The van der Waals surface area contributed by atoms with Gasteiger partial charge < -0.3 is 10.2 Å². The summed E-state index contributed by atoms with van der Waals surface area (Å²) in [6.45, 7) is 0. The minimum Gasteiger partial charge on any atom is -0.453 e. The fourth-order valence-corrected chi connectivity index (χ4v) is 1.96. The van der Waals surface area contributed by atoms with Crippen LogP contribution in [0.2, 0.25) is 0 Å². The molecule has 0 amide bonds. The van der Waals surface area contributed by atoms with Gasteiger partial charge in [-0.2, -0.15) is 0 Å². The van der Waals surface area contributed by atoms with Crippen LogP contribution in [0.15, 0.2) is 65.1 Å². The van der Waals surface area contributed by atoms with E-state index < -0.39 is 0 Å². The average Bonchev–Trinajstić information content (AvgIpc) is 2.90. The second-order valence-electron chi connectivity index (χ2n) is 4.51. The molecule has 0 saturated heterocycles. The van der Waals surface area contributed by atoms with Crippen LogP contribution in [-0.2, 0) is 0 Å². The Morgan fingerprint density at radius 1 is 1.05 bits per heavy atom. The number of nitrogen functional groups attached to an aromatic ring is 1. The lowest BCUT2D eigenvalue weighted by molar-refractivity contribution is 0.102. The summed E-state index contributed by atoms with van der Waals surface area (Å²) in [4.78, 5) is 12.0. The van der Waals surface area contributed by atoms with Gasteiger partial charge in [-0.1, -0.05) is 36.4 Å². The zero-order valence-electron chi connectivity index (χ0n) is 10.7. The maximum atomic E-state index is 12.0. The molecule has 0 saturated carbocycles. The summed E-state index contributed by atoms with van der Waals surface area (Å²) in [6.07, 6.45) is 3.25. The van der Waals surface area contributed by atoms with E-state index in [9.17, 15) is 4.79 Å². The molecule has 2 aromatic carbocycles. The number of furan rings is 1. The molecule has 0 aliphatic rings. The van der Waals surface area contributed by atoms with E-state index >= 15 is 0 Å². The lowest BCUT2D eigenvalue weighted by Gasteiger charge is -1.94. The summed E-state index contributed by atoms with van der Waals surface area (Å²) in [5, 5.41) is 0.928. The van der Waals surface area contributed by atoms with Gasteiger partial charge >= 0.3 is 0 Å². The van der Waals surface area contributed by atoms with Crippen LogP contribution >= 0.6 is 0 Å². The van der Waals surface area contributed by atoms with Crippen LogP contribution < -0.4 is 5.73 Å². The van der Waals surface area contributed by atoms with Crippen LogP contribution in [0.4, 0.5) is 5.69 Å². The van der Waals surface area contributed by atoms with Gasteiger partial charge in [-0.15, -0.1) is 0 Å². The normalized spacial score (nSPS) is 11.2. The molecule has 0 fully saturated rings. The largest absolute Gasteiger partial charge is 0.453 e. The number of hydrogen-bond donors (Lipinski definition) is 1. The molecule has 0 unspecified atom stereocenters. The molecule has 3 nitrogen and oxygen atoms in total. The zero-order valence-corrected chi connectivity index (χ0v) is 10.7. The minimum atomic E-state index is -0.155. The summed E-state index contributed by atoms with van der Waals surface area (Å²) >= 11 is 0. The number of carbonyl (C=O) groups is 1. The molecule has 0 atom stereocenters. The summed E-state index contributed by atoms with van der Waals surface area (Å²) in [5.41, 5.74) is 7.95. The van der Waals surface area contributed by atoms with Gasteiger partial charge in [0.15, 0.2) is 5.76 Å². The van der Waals surface area contributed by atoms with Crippen LogP contribution in [-0.4, -0.2) is 5.78 Å². The van der Waals surface area contributed by atoms with Crippen LogP contribution in [0, 0.1) is 0 Å². The molecular formula is C17H13NO2. The van der Waals surface area contributed by atoms with E-state index in [0.717, 1.165) is 16.5 Å². The van der Waals surface area contributed by atoms with Crippen LogP contribution in [0.25, 0.3) is 17.0 Å². The van der Waals surface area contributed by atoms with Crippen molar-refractivity contribution in [2.75, 3.05) is 5.73 Å². The third-order valence-corrected chi connectivity index (χ3v) is 3.03. The van der Waals surface area contributed by atoms with Crippen LogP contribution in [0.5, 0.6) is 0 Å². The first-order chi connectivity index (χ1) is 9.72. The first-order valence-electron chi connectivity index (χ1n) is 6.29. The van der Waals surface area contributed by atoms with Gasteiger partial charge in [-0.3, -0.25) is 4.79 Å². The molecule has 3 aromatic rings. The highest BCUT2D eigenvalue weighted by Crippen LogP contribution is 2.19. The Labute approximate surface area is 116 Å². The number of carbonyl (C=O) groups excluding carboxylic acids is 1. The highest BCUT2D eigenvalue weighted by molar-refractivity contribution is 6.06. The number of benzene rings is 2. The Kier molecular flexibility index (Phi) is 3.09. The molecule has 1 heterocycles. The molecule has 2 N–H and O–H groups in total. The Morgan fingerprint density at radius 3 is 2.55 bits per heavy atom. The third kappa shape index (κ3) is 2.47. The molecule has 1 aromatic heterocycles. The lowest BCUT2D eigenvalue weighted by Crippen LogP contribution is -1.90. The number of hydrogen-bond acceptors (Lipinski definition) is 3. The molecule has 20 heavy (non-hydrogen) atoms. The fourth-order valence-electron chi connectivity index (χ4n) is 1.96. The van der Waals surface area contributed by atoms with Gasteiger partial charge in [0, 0.05) is 11.1 Å². The van der Waals surface area contributed by atoms with Gasteiger partial charge in [-0.25, -0.2) is 0 Å². The maximum Gasteiger partial charge on any atom is 0.221 e. The highest BCUT2D eigenvalue weighted by atomic mass is 16.3. The number of anilines is 1. The Balaban J connectivity index is 1.83. The van der Waals surface area contributed by atoms with Gasteiger partial charge in [-0.05, 0) is 35.9 Å². The average molecular weight is 263 g/mol. The maximum absolute atomic E-state index is 12.0.